The van der Waals surface area contributed by atoms with Crippen molar-refractivity contribution in [3.63, 3.8) is 0 Å². The zero-order chi connectivity index (χ0) is 16.3. The molecule has 2 rings (SSSR count). The molecule has 1 N–H and O–H groups in total. The molecule has 4 heteroatoms. The summed E-state index contributed by atoms with van der Waals surface area (Å²) in [6, 6.07) is 18.4. The van der Waals surface area contributed by atoms with Crippen LogP contribution in [-0.4, -0.2) is 24.8 Å². The monoisotopic (exact) mass is 329 g/mol. The van der Waals surface area contributed by atoms with Gasteiger partial charge in [0.15, 0.2) is 0 Å². The van der Waals surface area contributed by atoms with Crippen molar-refractivity contribution >= 4 is 17.7 Å². The first-order chi connectivity index (χ1) is 11.2. The Balaban J connectivity index is 1.51. The van der Waals surface area contributed by atoms with Crippen LogP contribution in [0.1, 0.15) is 16.7 Å². The molecule has 0 aliphatic carbocycles. The molecule has 23 heavy (non-hydrogen) atoms. The molecular formula is C19H23NO2S. The zero-order valence-corrected chi connectivity index (χ0v) is 14.3. The fourth-order valence-corrected chi connectivity index (χ4v) is 2.84. The average molecular weight is 329 g/mol. The van der Waals surface area contributed by atoms with Gasteiger partial charge in [0.05, 0.1) is 19.0 Å². The molecule has 0 atom stereocenters. The van der Waals surface area contributed by atoms with E-state index in [1.807, 2.05) is 30.3 Å². The molecule has 0 spiro atoms. The number of nitrogens with one attached hydrogen (secondary N) is 1. The average Bonchev–Trinajstić information content (AvgIpc) is 2.57. The molecule has 0 aliphatic rings. The second-order valence-electron chi connectivity index (χ2n) is 5.37. The standard InChI is InChI=1S/C19H23NO2S/c1-16-7-9-18(10-8-16)14-23-15-19(21)20-11-12-22-13-17-5-3-2-4-6-17/h2-10H,11-15H2,1H3,(H,20,21). The van der Waals surface area contributed by atoms with Crippen molar-refractivity contribution in [1.82, 2.24) is 5.32 Å². The molecule has 0 saturated heterocycles. The highest BCUT2D eigenvalue weighted by Crippen LogP contribution is 2.12. The molecule has 0 heterocycles. The summed E-state index contributed by atoms with van der Waals surface area (Å²) in [5.74, 6) is 1.40. The van der Waals surface area contributed by atoms with Gasteiger partial charge in [-0.05, 0) is 18.1 Å². The second kappa shape index (κ2) is 10.1. The van der Waals surface area contributed by atoms with E-state index in [-0.39, 0.29) is 5.91 Å². The van der Waals surface area contributed by atoms with Gasteiger partial charge in [0.1, 0.15) is 0 Å². The summed E-state index contributed by atoms with van der Waals surface area (Å²) < 4.78 is 5.53. The van der Waals surface area contributed by atoms with Gasteiger partial charge in [-0.2, -0.15) is 0 Å². The van der Waals surface area contributed by atoms with Gasteiger partial charge in [0, 0.05) is 12.3 Å². The topological polar surface area (TPSA) is 38.3 Å². The lowest BCUT2D eigenvalue weighted by molar-refractivity contribution is -0.118. The third-order valence-electron chi connectivity index (χ3n) is 3.30. The van der Waals surface area contributed by atoms with E-state index in [1.54, 1.807) is 11.8 Å². The van der Waals surface area contributed by atoms with Gasteiger partial charge in [-0.3, -0.25) is 4.79 Å². The second-order valence-corrected chi connectivity index (χ2v) is 6.35. The zero-order valence-electron chi connectivity index (χ0n) is 13.5. The maximum absolute atomic E-state index is 11.7. The molecule has 1 amide bonds. The predicted octanol–water partition coefficient (Wildman–Crippen LogP) is 3.56. The molecule has 0 bridgehead atoms. The number of thioether (sulfide) groups is 1. The van der Waals surface area contributed by atoms with Gasteiger partial charge < -0.3 is 10.1 Å². The maximum atomic E-state index is 11.7. The highest BCUT2D eigenvalue weighted by atomic mass is 32.2. The van der Waals surface area contributed by atoms with Crippen molar-refractivity contribution in [3.8, 4) is 0 Å². The Morgan fingerprint density at radius 2 is 1.78 bits per heavy atom. The van der Waals surface area contributed by atoms with E-state index >= 15 is 0 Å². The van der Waals surface area contributed by atoms with Crippen LogP contribution < -0.4 is 5.32 Å². The van der Waals surface area contributed by atoms with Crippen LogP contribution in [-0.2, 0) is 21.9 Å². The van der Waals surface area contributed by atoms with E-state index in [2.05, 4.69) is 36.5 Å². The fraction of sp³-hybridized carbons (Fsp3) is 0.316. The number of hydrogen-bond donors (Lipinski definition) is 1. The summed E-state index contributed by atoms with van der Waals surface area (Å²) in [7, 11) is 0. The third kappa shape index (κ3) is 7.35. The lowest BCUT2D eigenvalue weighted by Gasteiger charge is -2.07. The minimum absolute atomic E-state index is 0.0606. The van der Waals surface area contributed by atoms with Gasteiger partial charge in [0.25, 0.3) is 0 Å². The van der Waals surface area contributed by atoms with Crippen molar-refractivity contribution in [2.45, 2.75) is 19.3 Å². The van der Waals surface area contributed by atoms with Crippen LogP contribution in [0.25, 0.3) is 0 Å². The Hall–Kier alpha value is -1.78. The van der Waals surface area contributed by atoms with E-state index in [0.717, 1.165) is 11.3 Å². The molecule has 0 saturated carbocycles. The summed E-state index contributed by atoms with van der Waals surface area (Å²) >= 11 is 1.63. The van der Waals surface area contributed by atoms with Crippen molar-refractivity contribution in [2.75, 3.05) is 18.9 Å². The van der Waals surface area contributed by atoms with Crippen LogP contribution in [0.15, 0.2) is 54.6 Å². The number of rotatable bonds is 9. The first kappa shape index (κ1) is 17.6. The third-order valence-corrected chi connectivity index (χ3v) is 4.31. The summed E-state index contributed by atoms with van der Waals surface area (Å²) in [6.07, 6.45) is 0. The Labute approximate surface area is 142 Å². The summed E-state index contributed by atoms with van der Waals surface area (Å²) in [5, 5.41) is 2.88. The van der Waals surface area contributed by atoms with Crippen LogP contribution in [0.4, 0.5) is 0 Å². The van der Waals surface area contributed by atoms with Gasteiger partial charge in [-0.1, -0.05) is 60.2 Å². The van der Waals surface area contributed by atoms with Crippen molar-refractivity contribution < 1.29 is 9.53 Å². The summed E-state index contributed by atoms with van der Waals surface area (Å²) in [6.45, 7) is 3.74. The summed E-state index contributed by atoms with van der Waals surface area (Å²) in [4.78, 5) is 11.7. The number of amides is 1. The maximum Gasteiger partial charge on any atom is 0.230 e. The quantitative estimate of drug-likeness (QED) is 0.715. The minimum Gasteiger partial charge on any atom is -0.375 e. The van der Waals surface area contributed by atoms with E-state index in [1.165, 1.54) is 11.1 Å². The van der Waals surface area contributed by atoms with Crippen LogP contribution >= 0.6 is 11.8 Å². The number of ether oxygens (including phenoxy) is 1. The lowest BCUT2D eigenvalue weighted by atomic mass is 10.2. The molecule has 0 fully saturated rings. The molecule has 2 aromatic rings. The Morgan fingerprint density at radius 3 is 2.52 bits per heavy atom. The fourth-order valence-electron chi connectivity index (χ4n) is 2.02. The first-order valence-electron chi connectivity index (χ1n) is 7.76. The van der Waals surface area contributed by atoms with Crippen molar-refractivity contribution in [1.29, 1.82) is 0 Å². The Morgan fingerprint density at radius 1 is 1.04 bits per heavy atom. The number of carbonyl (C=O) groups excluding carboxylic acids is 1. The molecule has 0 radical (unpaired) electrons. The van der Waals surface area contributed by atoms with Crippen molar-refractivity contribution in [3.05, 3.63) is 71.3 Å². The highest BCUT2D eigenvalue weighted by molar-refractivity contribution is 7.99. The summed E-state index contributed by atoms with van der Waals surface area (Å²) in [5.41, 5.74) is 3.65. The van der Waals surface area contributed by atoms with E-state index in [0.29, 0.717) is 25.5 Å². The smallest absolute Gasteiger partial charge is 0.230 e. The first-order valence-corrected chi connectivity index (χ1v) is 8.91. The van der Waals surface area contributed by atoms with Crippen molar-refractivity contribution in [2.24, 2.45) is 0 Å². The Kier molecular flexibility index (Phi) is 7.70. The lowest BCUT2D eigenvalue weighted by Crippen LogP contribution is -2.28. The Bertz CT molecular complexity index is 584. The van der Waals surface area contributed by atoms with Crippen LogP contribution in [0.2, 0.25) is 0 Å². The van der Waals surface area contributed by atoms with Crippen LogP contribution in [0.3, 0.4) is 0 Å². The van der Waals surface area contributed by atoms with E-state index < -0.39 is 0 Å². The van der Waals surface area contributed by atoms with Crippen LogP contribution in [0.5, 0.6) is 0 Å². The molecule has 3 nitrogen and oxygen atoms in total. The molecular weight excluding hydrogens is 306 g/mol. The molecule has 0 aromatic heterocycles. The largest absolute Gasteiger partial charge is 0.375 e. The normalized spacial score (nSPS) is 10.5. The minimum atomic E-state index is 0.0606. The number of aryl methyl sites for hydroxylation is 1. The highest BCUT2D eigenvalue weighted by Gasteiger charge is 2.01. The SMILES string of the molecule is Cc1ccc(CSCC(=O)NCCOCc2ccccc2)cc1. The van der Waals surface area contributed by atoms with Gasteiger partial charge in [-0.25, -0.2) is 0 Å². The van der Waals surface area contributed by atoms with Gasteiger partial charge in [-0.15, -0.1) is 11.8 Å². The molecule has 0 aliphatic heterocycles. The van der Waals surface area contributed by atoms with Crippen LogP contribution in [0, 0.1) is 6.92 Å². The number of hydrogen-bond acceptors (Lipinski definition) is 3. The predicted molar refractivity (Wildman–Crippen MR) is 96.4 cm³/mol. The van der Waals surface area contributed by atoms with Gasteiger partial charge in [0.2, 0.25) is 5.91 Å². The van der Waals surface area contributed by atoms with E-state index in [9.17, 15) is 4.79 Å². The van der Waals surface area contributed by atoms with E-state index in [4.69, 9.17) is 4.74 Å². The molecule has 0 unspecified atom stereocenters. The van der Waals surface area contributed by atoms with Gasteiger partial charge >= 0.3 is 0 Å². The number of carbonyl (C=O) groups is 1. The number of benzene rings is 2. The molecule has 2 aromatic carbocycles. The molecule has 122 valence electrons.